The van der Waals surface area contributed by atoms with E-state index >= 15 is 0 Å². The molecule has 9 heteroatoms. The molecule has 1 aliphatic rings. The summed E-state index contributed by atoms with van der Waals surface area (Å²) in [4.78, 5) is 23.4. The van der Waals surface area contributed by atoms with Crippen LogP contribution in [-0.2, 0) is 0 Å². The van der Waals surface area contributed by atoms with Crippen LogP contribution in [0, 0.1) is 5.82 Å². The van der Waals surface area contributed by atoms with E-state index in [2.05, 4.69) is 25.6 Å². The zero-order chi connectivity index (χ0) is 19.7. The van der Waals surface area contributed by atoms with E-state index in [9.17, 15) is 9.18 Å². The van der Waals surface area contributed by atoms with Crippen LogP contribution in [0.3, 0.4) is 0 Å². The maximum atomic E-state index is 14.6. The molecule has 0 aromatic carbocycles. The smallest absolute Gasteiger partial charge is 0.252 e. The lowest BCUT2D eigenvalue weighted by atomic mass is 9.91. The van der Waals surface area contributed by atoms with Crippen molar-refractivity contribution < 1.29 is 9.18 Å². The van der Waals surface area contributed by atoms with Gasteiger partial charge < -0.3 is 27.1 Å². The van der Waals surface area contributed by atoms with Gasteiger partial charge in [-0.3, -0.25) is 4.79 Å². The molecule has 0 bridgehead atoms. The molecule has 1 aliphatic carbocycles. The first-order valence-corrected chi connectivity index (χ1v) is 9.24. The molecule has 3 aromatic rings. The predicted octanol–water partition coefficient (Wildman–Crippen LogP) is 2.62. The van der Waals surface area contributed by atoms with Crippen molar-refractivity contribution >= 4 is 34.3 Å². The minimum atomic E-state index is -0.769. The number of halogens is 1. The van der Waals surface area contributed by atoms with Crippen LogP contribution in [0.2, 0.25) is 0 Å². The Kier molecular flexibility index (Phi) is 4.82. The van der Waals surface area contributed by atoms with Gasteiger partial charge >= 0.3 is 0 Å². The summed E-state index contributed by atoms with van der Waals surface area (Å²) < 4.78 is 14.6. The molecule has 1 saturated carbocycles. The number of carbonyl (C=O) groups excluding carboxylic acids is 1. The van der Waals surface area contributed by atoms with E-state index in [-0.39, 0.29) is 29.3 Å². The number of hydrogen-bond donors (Lipinski definition) is 5. The number of primary amides is 1. The second-order valence-electron chi connectivity index (χ2n) is 7.00. The van der Waals surface area contributed by atoms with Crippen LogP contribution < -0.4 is 22.1 Å². The Labute approximate surface area is 160 Å². The standard InChI is InChI=1S/C19H22FN7O/c20-12-9-11(16(22)28)18(25-14-6-8-24-17-10(14)5-7-23-17)27-19(12)26-15-4-2-1-3-13(15)21/h5-9,13,15H,1-4,21H2,(H2,22,28)(H3,23,24,25,26,27)/t13-,15+/m0/s1. The van der Waals surface area contributed by atoms with Gasteiger partial charge in [-0.2, -0.15) is 0 Å². The van der Waals surface area contributed by atoms with E-state index in [1.165, 1.54) is 0 Å². The molecule has 146 valence electrons. The van der Waals surface area contributed by atoms with Crippen LogP contribution in [-0.4, -0.2) is 32.9 Å². The molecule has 8 nitrogen and oxygen atoms in total. The number of rotatable bonds is 5. The van der Waals surface area contributed by atoms with E-state index in [0.29, 0.717) is 11.3 Å². The summed E-state index contributed by atoms with van der Waals surface area (Å²) in [5, 5.41) is 7.00. The van der Waals surface area contributed by atoms with E-state index in [1.807, 2.05) is 6.07 Å². The van der Waals surface area contributed by atoms with Gasteiger partial charge in [-0.1, -0.05) is 12.8 Å². The van der Waals surface area contributed by atoms with Crippen molar-refractivity contribution in [2.24, 2.45) is 11.5 Å². The number of carbonyl (C=O) groups is 1. The molecule has 7 N–H and O–H groups in total. The summed E-state index contributed by atoms with van der Waals surface area (Å²) in [6, 6.07) is 4.56. The number of aromatic nitrogens is 3. The third-order valence-electron chi connectivity index (χ3n) is 5.10. The van der Waals surface area contributed by atoms with Crippen molar-refractivity contribution in [1.82, 2.24) is 15.0 Å². The molecule has 3 heterocycles. The molecule has 0 aliphatic heterocycles. The number of pyridine rings is 2. The number of nitrogens with two attached hydrogens (primary N) is 2. The topological polar surface area (TPSA) is 135 Å². The minimum absolute atomic E-state index is 0.0310. The van der Waals surface area contributed by atoms with E-state index in [0.717, 1.165) is 37.1 Å². The Morgan fingerprint density at radius 1 is 1.25 bits per heavy atom. The van der Waals surface area contributed by atoms with Crippen LogP contribution in [0.15, 0.2) is 30.6 Å². The minimum Gasteiger partial charge on any atom is -0.365 e. The lowest BCUT2D eigenvalue weighted by Crippen LogP contribution is -2.43. The first-order valence-electron chi connectivity index (χ1n) is 9.24. The van der Waals surface area contributed by atoms with Gasteiger partial charge in [-0.25, -0.2) is 14.4 Å². The van der Waals surface area contributed by atoms with Crippen molar-refractivity contribution in [3.8, 4) is 0 Å². The first kappa shape index (κ1) is 18.2. The Morgan fingerprint density at radius 3 is 2.86 bits per heavy atom. The maximum absolute atomic E-state index is 14.6. The molecular formula is C19H22FN7O. The normalized spacial score (nSPS) is 19.5. The van der Waals surface area contributed by atoms with Crippen molar-refractivity contribution in [2.45, 2.75) is 37.8 Å². The number of H-pyrrole nitrogens is 1. The highest BCUT2D eigenvalue weighted by Gasteiger charge is 2.24. The third kappa shape index (κ3) is 3.48. The fourth-order valence-electron chi connectivity index (χ4n) is 3.59. The monoisotopic (exact) mass is 383 g/mol. The third-order valence-corrected chi connectivity index (χ3v) is 5.10. The Bertz CT molecular complexity index is 1020. The van der Waals surface area contributed by atoms with Crippen molar-refractivity contribution in [1.29, 1.82) is 0 Å². The summed E-state index contributed by atoms with van der Waals surface area (Å²) in [6.45, 7) is 0. The second-order valence-corrected chi connectivity index (χ2v) is 7.00. The molecule has 0 saturated heterocycles. The highest BCUT2D eigenvalue weighted by molar-refractivity contribution is 6.00. The molecule has 2 atom stereocenters. The predicted molar refractivity (Wildman–Crippen MR) is 106 cm³/mol. The van der Waals surface area contributed by atoms with E-state index < -0.39 is 11.7 Å². The lowest BCUT2D eigenvalue weighted by Gasteiger charge is -2.30. The number of nitrogens with zero attached hydrogens (tertiary/aromatic N) is 2. The number of fused-ring (bicyclic) bond motifs is 1. The molecule has 4 rings (SSSR count). The lowest BCUT2D eigenvalue weighted by molar-refractivity contribution is 0.100. The fourth-order valence-corrected chi connectivity index (χ4v) is 3.59. The van der Waals surface area contributed by atoms with Gasteiger partial charge in [-0.05, 0) is 31.0 Å². The average molecular weight is 383 g/mol. The molecular weight excluding hydrogens is 361 g/mol. The van der Waals surface area contributed by atoms with Crippen LogP contribution in [0.1, 0.15) is 36.0 Å². The van der Waals surface area contributed by atoms with Crippen LogP contribution in [0.5, 0.6) is 0 Å². The van der Waals surface area contributed by atoms with Crippen molar-refractivity contribution in [2.75, 3.05) is 10.6 Å². The van der Waals surface area contributed by atoms with Crippen molar-refractivity contribution in [3.63, 3.8) is 0 Å². The van der Waals surface area contributed by atoms with Crippen molar-refractivity contribution in [3.05, 3.63) is 42.0 Å². The summed E-state index contributed by atoms with van der Waals surface area (Å²) in [7, 11) is 0. The second kappa shape index (κ2) is 7.43. The summed E-state index contributed by atoms with van der Waals surface area (Å²) in [5.41, 5.74) is 12.9. The average Bonchev–Trinajstić information content (AvgIpc) is 3.15. The Balaban J connectivity index is 1.70. The van der Waals surface area contributed by atoms with Gasteiger partial charge in [0.2, 0.25) is 0 Å². The largest absolute Gasteiger partial charge is 0.365 e. The van der Waals surface area contributed by atoms with Crippen LogP contribution in [0.25, 0.3) is 11.0 Å². The number of anilines is 3. The number of nitrogens with one attached hydrogen (secondary N) is 3. The Morgan fingerprint density at radius 2 is 2.07 bits per heavy atom. The summed E-state index contributed by atoms with van der Waals surface area (Å²) >= 11 is 0. The van der Waals surface area contributed by atoms with Gasteiger partial charge in [0.15, 0.2) is 11.6 Å². The molecule has 28 heavy (non-hydrogen) atoms. The van der Waals surface area contributed by atoms with Gasteiger partial charge in [0.1, 0.15) is 11.5 Å². The fraction of sp³-hybridized carbons (Fsp3) is 0.316. The van der Waals surface area contributed by atoms with Crippen LogP contribution in [0.4, 0.5) is 21.7 Å². The highest BCUT2D eigenvalue weighted by atomic mass is 19.1. The number of amides is 1. The molecule has 1 amide bonds. The van der Waals surface area contributed by atoms with Gasteiger partial charge in [0.05, 0.1) is 11.3 Å². The maximum Gasteiger partial charge on any atom is 0.252 e. The molecule has 0 spiro atoms. The van der Waals surface area contributed by atoms with E-state index in [1.54, 1.807) is 18.5 Å². The highest BCUT2D eigenvalue weighted by Crippen LogP contribution is 2.29. The zero-order valence-electron chi connectivity index (χ0n) is 15.2. The number of hydrogen-bond acceptors (Lipinski definition) is 6. The molecule has 3 aromatic heterocycles. The molecule has 0 radical (unpaired) electrons. The Hall–Kier alpha value is -3.20. The zero-order valence-corrected chi connectivity index (χ0v) is 15.2. The van der Waals surface area contributed by atoms with Gasteiger partial charge in [-0.15, -0.1) is 0 Å². The number of aromatic amines is 1. The van der Waals surface area contributed by atoms with Gasteiger partial charge in [0.25, 0.3) is 5.91 Å². The van der Waals surface area contributed by atoms with Gasteiger partial charge in [0, 0.05) is 29.9 Å². The quantitative estimate of drug-likeness (QED) is 0.460. The summed E-state index contributed by atoms with van der Waals surface area (Å²) in [6.07, 6.45) is 7.20. The van der Waals surface area contributed by atoms with Crippen LogP contribution >= 0.6 is 0 Å². The molecule has 1 fully saturated rings. The SMILES string of the molecule is NC(=O)c1cc(F)c(N[C@@H]2CCCC[C@@H]2N)nc1Nc1ccnc2[nH]ccc12. The summed E-state index contributed by atoms with van der Waals surface area (Å²) in [5.74, 6) is -1.18. The first-order chi connectivity index (χ1) is 13.5. The van der Waals surface area contributed by atoms with E-state index in [4.69, 9.17) is 11.5 Å². The molecule has 0 unspecified atom stereocenters.